The van der Waals surface area contributed by atoms with Crippen molar-refractivity contribution in [3.8, 4) is 22.6 Å². The van der Waals surface area contributed by atoms with Crippen molar-refractivity contribution < 1.29 is 47.9 Å². The Morgan fingerprint density at radius 3 is 2.09 bits per heavy atom. The largest absolute Gasteiger partial charge is 0.490 e. The van der Waals surface area contributed by atoms with E-state index in [4.69, 9.17) is 33.5 Å². The van der Waals surface area contributed by atoms with Gasteiger partial charge in [0.25, 0.3) is 0 Å². The van der Waals surface area contributed by atoms with Gasteiger partial charge in [-0.05, 0) is 107 Å². The molecule has 65 heavy (non-hydrogen) atoms. The zero-order valence-corrected chi connectivity index (χ0v) is 36.9. The Labute approximate surface area is 380 Å². The van der Waals surface area contributed by atoms with E-state index in [0.717, 1.165) is 46.7 Å². The van der Waals surface area contributed by atoms with Crippen LogP contribution >= 0.6 is 0 Å². The highest BCUT2D eigenvalue weighted by Gasteiger charge is 2.30. The minimum absolute atomic E-state index is 0.00906. The zero-order valence-electron chi connectivity index (χ0n) is 36.9. The molecule has 0 fully saturated rings. The van der Waals surface area contributed by atoms with Gasteiger partial charge in [0.15, 0.2) is 12.4 Å². The van der Waals surface area contributed by atoms with E-state index in [0.29, 0.717) is 55.1 Å². The van der Waals surface area contributed by atoms with E-state index in [1.165, 1.54) is 11.6 Å². The van der Waals surface area contributed by atoms with Crippen LogP contribution in [0.4, 0.5) is 0 Å². The summed E-state index contributed by atoms with van der Waals surface area (Å²) in [6, 6.07) is 35.8. The first-order valence-electron chi connectivity index (χ1n) is 21.8. The summed E-state index contributed by atoms with van der Waals surface area (Å²) in [4.78, 5) is 38.5. The van der Waals surface area contributed by atoms with Crippen molar-refractivity contribution in [1.29, 1.82) is 0 Å². The first-order valence-corrected chi connectivity index (χ1v) is 21.8. The number of hydrogen-bond acceptors (Lipinski definition) is 12. The maximum absolute atomic E-state index is 13.6. The van der Waals surface area contributed by atoms with E-state index in [9.17, 15) is 19.5 Å². The number of rotatable bonds is 25. The molecule has 2 atom stereocenters. The van der Waals surface area contributed by atoms with E-state index in [2.05, 4.69) is 44.3 Å². The van der Waals surface area contributed by atoms with Crippen LogP contribution in [-0.4, -0.2) is 86.7 Å². The topological polar surface area (TPSA) is 142 Å². The fraction of sp³-hybridized carbons (Fsp3) is 0.283. The molecule has 2 unspecified atom stereocenters. The molecule has 0 saturated heterocycles. The lowest BCUT2D eigenvalue weighted by atomic mass is 10.1. The molecular formula is C53H56N2O10. The minimum Gasteiger partial charge on any atom is -0.490 e. The number of nitrogens with zero attached hydrogens (tertiary/aromatic N) is 2. The van der Waals surface area contributed by atoms with Crippen molar-refractivity contribution in [2.24, 2.45) is 5.10 Å². The molecule has 1 aliphatic rings. The second-order valence-electron chi connectivity index (χ2n) is 15.4. The van der Waals surface area contributed by atoms with Crippen molar-refractivity contribution in [1.82, 2.24) is 5.01 Å². The van der Waals surface area contributed by atoms with Gasteiger partial charge in [0, 0.05) is 31.7 Å². The Balaban J connectivity index is 1.11. The predicted molar refractivity (Wildman–Crippen MR) is 249 cm³/mol. The molecule has 12 heteroatoms. The zero-order chi connectivity index (χ0) is 46.0. The van der Waals surface area contributed by atoms with Crippen LogP contribution in [0, 0.1) is 0 Å². The van der Waals surface area contributed by atoms with Crippen LogP contribution in [0.5, 0.6) is 11.5 Å². The number of hydrazone groups is 1. The predicted octanol–water partition coefficient (Wildman–Crippen LogP) is 9.09. The van der Waals surface area contributed by atoms with Crippen LogP contribution in [0.15, 0.2) is 146 Å². The van der Waals surface area contributed by atoms with Crippen LogP contribution in [0.25, 0.3) is 11.1 Å². The Morgan fingerprint density at radius 1 is 0.769 bits per heavy atom. The summed E-state index contributed by atoms with van der Waals surface area (Å²) in [6.07, 6.45) is 6.04. The van der Waals surface area contributed by atoms with Crippen LogP contribution in [-0.2, 0) is 36.6 Å². The molecule has 0 spiro atoms. The number of esters is 3. The van der Waals surface area contributed by atoms with Gasteiger partial charge in [0.2, 0.25) is 0 Å². The number of aryl methyl sites for hydroxylation is 1. The highest BCUT2D eigenvalue weighted by molar-refractivity contribution is 5.93. The maximum Gasteiger partial charge on any atom is 0.343 e. The van der Waals surface area contributed by atoms with E-state index in [1.54, 1.807) is 48.7 Å². The summed E-state index contributed by atoms with van der Waals surface area (Å²) in [6.45, 7) is 10.00. The number of ether oxygens (including phenoxy) is 6. The maximum atomic E-state index is 13.6. The SMILES string of the molecule is C=CC(=O)OC(COCCCCOC(O)C=C)COc1ccc(C(=O)Oc2ccc(CCOC(=O)c3ccc(CCC)cc3)cc2/C=N/N(C)C2c3ccccc3-c3ccccc32)cc1. The summed E-state index contributed by atoms with van der Waals surface area (Å²) in [5.74, 6) is -0.875. The second-order valence-corrected chi connectivity index (χ2v) is 15.4. The Hall–Kier alpha value is -6.86. The first-order chi connectivity index (χ1) is 31.7. The van der Waals surface area contributed by atoms with Crippen molar-refractivity contribution in [2.45, 2.75) is 57.5 Å². The monoisotopic (exact) mass is 880 g/mol. The minimum atomic E-state index is -1.00. The Kier molecular flexibility index (Phi) is 17.8. The fourth-order valence-corrected chi connectivity index (χ4v) is 7.30. The van der Waals surface area contributed by atoms with E-state index in [1.807, 2.05) is 60.6 Å². The molecule has 0 heterocycles. The number of fused-ring (bicyclic) bond motifs is 3. The molecule has 0 amide bonds. The average molecular weight is 881 g/mol. The Morgan fingerprint density at radius 2 is 1.42 bits per heavy atom. The summed E-state index contributed by atoms with van der Waals surface area (Å²) >= 11 is 0. The standard InChI is InChI=1S/C53H56N2O10/c1-5-14-37-19-22-39(23-20-37)52(58)62-32-29-38-21-28-48(41(33-38)34-54-55(4)51-46-17-10-8-15-44(46)45-16-9-11-18-47(45)51)65-53(59)40-24-26-42(27-25-40)63-36-43(64-50(57)7-3)35-60-30-12-13-31-61-49(56)6-2/h6-11,15-28,33-34,43,49,51,56H,2-3,5,12-14,29-32,35-36H2,1,4H3/b54-34+. The number of carbonyl (C=O) groups excluding carboxylic acids is 3. The summed E-state index contributed by atoms with van der Waals surface area (Å²) < 4.78 is 33.8. The lowest BCUT2D eigenvalue weighted by Gasteiger charge is -2.23. The van der Waals surface area contributed by atoms with E-state index >= 15 is 0 Å². The summed E-state index contributed by atoms with van der Waals surface area (Å²) in [7, 11) is 1.92. The van der Waals surface area contributed by atoms with Crippen molar-refractivity contribution in [3.05, 3.63) is 180 Å². The normalized spacial score (nSPS) is 12.7. The number of unbranched alkanes of at least 4 members (excludes halogenated alkanes) is 1. The van der Waals surface area contributed by atoms with Gasteiger partial charge in [-0.1, -0.05) is 93.2 Å². The van der Waals surface area contributed by atoms with Crippen molar-refractivity contribution >= 4 is 24.1 Å². The third-order valence-corrected chi connectivity index (χ3v) is 10.6. The lowest BCUT2D eigenvalue weighted by molar-refractivity contribution is -0.148. The van der Waals surface area contributed by atoms with Crippen LogP contribution in [0.2, 0.25) is 0 Å². The molecule has 1 N–H and O–H groups in total. The first kappa shape index (κ1) is 47.6. The van der Waals surface area contributed by atoms with Gasteiger partial charge >= 0.3 is 17.9 Å². The molecule has 5 aromatic rings. The van der Waals surface area contributed by atoms with Crippen LogP contribution in [0.3, 0.4) is 0 Å². The number of carbonyl (C=O) groups is 3. The van der Waals surface area contributed by atoms with Gasteiger partial charge < -0.3 is 33.5 Å². The Bertz CT molecular complexity index is 2370. The van der Waals surface area contributed by atoms with Gasteiger partial charge in [0.1, 0.15) is 18.1 Å². The van der Waals surface area contributed by atoms with Gasteiger partial charge in [0.05, 0.1) is 43.2 Å². The molecule has 1 aliphatic carbocycles. The van der Waals surface area contributed by atoms with E-state index < -0.39 is 30.3 Å². The molecule has 0 aromatic heterocycles. The summed E-state index contributed by atoms with van der Waals surface area (Å²) in [5.41, 5.74) is 7.97. The molecule has 12 nitrogen and oxygen atoms in total. The lowest BCUT2D eigenvalue weighted by Crippen LogP contribution is -2.29. The van der Waals surface area contributed by atoms with Gasteiger partial charge in [-0.25, -0.2) is 14.4 Å². The molecule has 0 radical (unpaired) electrons. The van der Waals surface area contributed by atoms with Crippen molar-refractivity contribution in [2.75, 3.05) is 40.1 Å². The average Bonchev–Trinajstić information content (AvgIpc) is 3.67. The van der Waals surface area contributed by atoms with Crippen molar-refractivity contribution in [3.63, 3.8) is 0 Å². The number of hydrogen-bond donors (Lipinski definition) is 1. The van der Waals surface area contributed by atoms with Gasteiger partial charge in [-0.3, -0.25) is 5.01 Å². The van der Waals surface area contributed by atoms with Crippen LogP contribution < -0.4 is 9.47 Å². The quantitative estimate of drug-likeness (QED) is 0.00877. The molecule has 0 bridgehead atoms. The number of aliphatic hydroxyl groups is 1. The molecule has 6 rings (SSSR count). The van der Waals surface area contributed by atoms with Gasteiger partial charge in [-0.15, -0.1) is 0 Å². The number of aliphatic hydroxyl groups excluding tert-OH is 1. The molecular weight excluding hydrogens is 825 g/mol. The van der Waals surface area contributed by atoms with Crippen LogP contribution in [0.1, 0.15) is 80.8 Å². The molecule has 5 aromatic carbocycles. The highest BCUT2D eigenvalue weighted by Crippen LogP contribution is 2.45. The number of benzene rings is 5. The third kappa shape index (κ3) is 13.6. The highest BCUT2D eigenvalue weighted by atomic mass is 16.6. The summed E-state index contributed by atoms with van der Waals surface area (Å²) in [5, 5.41) is 16.2. The molecule has 0 aliphatic heterocycles. The molecule has 338 valence electrons. The molecule has 0 saturated carbocycles. The second kappa shape index (κ2) is 24.3. The third-order valence-electron chi connectivity index (χ3n) is 10.6. The fourth-order valence-electron chi connectivity index (χ4n) is 7.30. The van der Waals surface area contributed by atoms with Gasteiger partial charge in [-0.2, -0.15) is 5.10 Å². The smallest absolute Gasteiger partial charge is 0.343 e. The van der Waals surface area contributed by atoms with E-state index in [-0.39, 0.29) is 31.4 Å².